The highest BCUT2D eigenvalue weighted by Crippen LogP contribution is 2.52. The summed E-state index contributed by atoms with van der Waals surface area (Å²) in [7, 11) is 0.886. The summed E-state index contributed by atoms with van der Waals surface area (Å²) >= 11 is 0. The Bertz CT molecular complexity index is 2540. The van der Waals surface area contributed by atoms with E-state index in [-0.39, 0.29) is 5.41 Å². The van der Waals surface area contributed by atoms with Crippen molar-refractivity contribution in [3.05, 3.63) is 151 Å². The van der Waals surface area contributed by atoms with Gasteiger partial charge in [-0.25, -0.2) is 0 Å². The Balaban J connectivity index is 1.31. The number of para-hydroxylation sites is 3. The van der Waals surface area contributed by atoms with Crippen LogP contribution >= 0.6 is 0 Å². The van der Waals surface area contributed by atoms with Crippen LogP contribution in [0.15, 0.2) is 140 Å². The molecule has 0 atom stereocenters. The van der Waals surface area contributed by atoms with Crippen molar-refractivity contribution in [1.29, 1.82) is 0 Å². The standard InChI is InChI=1S/C43H31BN2/c1-43(2)34-18-8-9-21-37(34)46-38-25-28(26-12-4-3-5-13-26)24-33(39(38)44-36-20-11-19-35(43)42(36)46)31-17-10-16-30-32-23-22-27-14-6-7-15-29(27)40(32)45-41(30)31/h3-25,44-45H,1-2H3. The van der Waals surface area contributed by atoms with Gasteiger partial charge in [0.15, 0.2) is 7.28 Å². The zero-order chi connectivity index (χ0) is 30.6. The van der Waals surface area contributed by atoms with Crippen LogP contribution in [0.25, 0.3) is 54.8 Å². The summed E-state index contributed by atoms with van der Waals surface area (Å²) in [6.45, 7) is 4.75. The third-order valence-electron chi connectivity index (χ3n) is 10.6. The zero-order valence-corrected chi connectivity index (χ0v) is 25.9. The fourth-order valence-electron chi connectivity index (χ4n) is 8.38. The molecule has 7 aromatic carbocycles. The van der Waals surface area contributed by atoms with Crippen molar-refractivity contribution in [2.45, 2.75) is 19.3 Å². The zero-order valence-electron chi connectivity index (χ0n) is 25.9. The molecular weight excluding hydrogens is 555 g/mol. The van der Waals surface area contributed by atoms with E-state index in [4.69, 9.17) is 0 Å². The third-order valence-corrected chi connectivity index (χ3v) is 10.6. The third kappa shape index (κ3) is 3.43. The molecule has 0 spiro atoms. The van der Waals surface area contributed by atoms with Crippen LogP contribution in [0.1, 0.15) is 25.0 Å². The lowest BCUT2D eigenvalue weighted by Gasteiger charge is -2.46. The molecule has 216 valence electrons. The minimum absolute atomic E-state index is 0.0888. The van der Waals surface area contributed by atoms with E-state index in [1.165, 1.54) is 93.9 Å². The predicted molar refractivity (Wildman–Crippen MR) is 197 cm³/mol. The number of nitrogens with one attached hydrogen (secondary N) is 1. The van der Waals surface area contributed by atoms with E-state index in [1.807, 2.05) is 0 Å². The molecule has 10 rings (SSSR count). The maximum atomic E-state index is 3.93. The Labute approximate surface area is 269 Å². The van der Waals surface area contributed by atoms with Crippen LogP contribution in [0.5, 0.6) is 0 Å². The lowest BCUT2D eigenvalue weighted by molar-refractivity contribution is 0.632. The summed E-state index contributed by atoms with van der Waals surface area (Å²) in [5, 5.41) is 5.05. The topological polar surface area (TPSA) is 19.0 Å². The molecule has 0 fully saturated rings. The molecule has 0 saturated carbocycles. The van der Waals surface area contributed by atoms with Crippen LogP contribution in [0.3, 0.4) is 0 Å². The van der Waals surface area contributed by atoms with Gasteiger partial charge in [0.25, 0.3) is 0 Å². The highest BCUT2D eigenvalue weighted by Gasteiger charge is 2.41. The van der Waals surface area contributed by atoms with Crippen molar-refractivity contribution in [2.75, 3.05) is 4.90 Å². The van der Waals surface area contributed by atoms with E-state index in [9.17, 15) is 0 Å². The van der Waals surface area contributed by atoms with E-state index in [0.29, 0.717) is 0 Å². The quantitative estimate of drug-likeness (QED) is 0.200. The van der Waals surface area contributed by atoms with E-state index in [2.05, 4.69) is 163 Å². The number of benzene rings is 7. The second-order valence-corrected chi connectivity index (χ2v) is 13.4. The number of hydrogen-bond donors (Lipinski definition) is 1. The summed E-state index contributed by atoms with van der Waals surface area (Å²) in [5.41, 5.74) is 16.7. The molecule has 3 heterocycles. The average Bonchev–Trinajstić information content (AvgIpc) is 3.50. The minimum atomic E-state index is -0.0888. The number of hydrogen-bond acceptors (Lipinski definition) is 1. The first-order valence-corrected chi connectivity index (χ1v) is 16.2. The number of rotatable bonds is 2. The van der Waals surface area contributed by atoms with Gasteiger partial charge in [-0.1, -0.05) is 141 Å². The number of nitrogens with zero attached hydrogens (tertiary/aromatic N) is 1. The van der Waals surface area contributed by atoms with E-state index >= 15 is 0 Å². The van der Waals surface area contributed by atoms with Gasteiger partial charge in [-0.2, -0.15) is 0 Å². The fourth-order valence-corrected chi connectivity index (χ4v) is 8.38. The number of fused-ring (bicyclic) bond motifs is 9. The summed E-state index contributed by atoms with van der Waals surface area (Å²) in [6, 6.07) is 51.7. The van der Waals surface area contributed by atoms with E-state index in [1.54, 1.807) is 0 Å². The van der Waals surface area contributed by atoms with Gasteiger partial charge in [0, 0.05) is 38.5 Å². The molecule has 1 aromatic heterocycles. The Morgan fingerprint density at radius 1 is 0.543 bits per heavy atom. The van der Waals surface area contributed by atoms with Gasteiger partial charge < -0.3 is 9.88 Å². The van der Waals surface area contributed by atoms with Gasteiger partial charge in [0.05, 0.1) is 16.7 Å². The van der Waals surface area contributed by atoms with Crippen molar-refractivity contribution in [2.24, 2.45) is 0 Å². The van der Waals surface area contributed by atoms with Gasteiger partial charge in [0.2, 0.25) is 0 Å². The van der Waals surface area contributed by atoms with Crippen LogP contribution < -0.4 is 15.8 Å². The maximum absolute atomic E-state index is 3.93. The van der Waals surface area contributed by atoms with Crippen LogP contribution in [0, 0.1) is 0 Å². The first-order chi connectivity index (χ1) is 22.6. The fraction of sp³-hybridized carbons (Fsp3) is 0.0698. The van der Waals surface area contributed by atoms with Crippen molar-refractivity contribution < 1.29 is 0 Å². The Hall–Kier alpha value is -5.54. The molecule has 3 heteroatoms. The van der Waals surface area contributed by atoms with Gasteiger partial charge in [0.1, 0.15) is 0 Å². The highest BCUT2D eigenvalue weighted by molar-refractivity contribution is 6.73. The van der Waals surface area contributed by atoms with Crippen LogP contribution in [0.2, 0.25) is 0 Å². The largest absolute Gasteiger partial charge is 0.353 e. The van der Waals surface area contributed by atoms with Gasteiger partial charge in [-0.3, -0.25) is 0 Å². The van der Waals surface area contributed by atoms with Gasteiger partial charge >= 0.3 is 0 Å². The Morgan fingerprint density at radius 3 is 2.20 bits per heavy atom. The van der Waals surface area contributed by atoms with Crippen molar-refractivity contribution in [3.63, 3.8) is 0 Å². The second-order valence-electron chi connectivity index (χ2n) is 13.4. The first-order valence-electron chi connectivity index (χ1n) is 16.2. The molecule has 0 radical (unpaired) electrons. The molecule has 2 nitrogen and oxygen atoms in total. The Kier molecular flexibility index (Phi) is 5.18. The first kappa shape index (κ1) is 25.8. The highest BCUT2D eigenvalue weighted by atomic mass is 15.2. The summed E-state index contributed by atoms with van der Waals surface area (Å²) < 4.78 is 0. The number of anilines is 3. The lowest BCUT2D eigenvalue weighted by Crippen LogP contribution is -2.45. The SMILES string of the molecule is CC1(C)c2ccccc2N2c3cc(-c4ccccc4)cc(-c4cccc5c4[nH]c4c6ccccc6ccc54)c3Bc3cccc1c32. The molecule has 0 saturated heterocycles. The van der Waals surface area contributed by atoms with Crippen LogP contribution in [-0.2, 0) is 5.41 Å². The molecule has 1 N–H and O–H groups in total. The molecule has 0 bridgehead atoms. The van der Waals surface area contributed by atoms with Gasteiger partial charge in [-0.05, 0) is 56.9 Å². The van der Waals surface area contributed by atoms with Crippen LogP contribution in [-0.4, -0.2) is 12.3 Å². The number of aromatic amines is 1. The summed E-state index contributed by atoms with van der Waals surface area (Å²) in [6.07, 6.45) is 0. The molecule has 2 aliphatic rings. The molecule has 0 amide bonds. The van der Waals surface area contributed by atoms with Gasteiger partial charge in [-0.15, -0.1) is 0 Å². The summed E-state index contributed by atoms with van der Waals surface area (Å²) in [5.74, 6) is 0. The lowest BCUT2D eigenvalue weighted by atomic mass is 9.55. The molecule has 0 aliphatic carbocycles. The normalized spacial score (nSPS) is 14.2. The van der Waals surface area contributed by atoms with E-state index < -0.39 is 0 Å². The molecule has 8 aromatic rings. The summed E-state index contributed by atoms with van der Waals surface area (Å²) in [4.78, 5) is 6.50. The molecule has 2 aliphatic heterocycles. The van der Waals surface area contributed by atoms with Crippen molar-refractivity contribution in [1.82, 2.24) is 4.98 Å². The maximum Gasteiger partial charge on any atom is 0.198 e. The predicted octanol–water partition coefficient (Wildman–Crippen LogP) is 9.62. The van der Waals surface area contributed by atoms with Crippen molar-refractivity contribution in [3.8, 4) is 22.3 Å². The minimum Gasteiger partial charge on any atom is -0.353 e. The smallest absolute Gasteiger partial charge is 0.198 e. The van der Waals surface area contributed by atoms with Crippen LogP contribution in [0.4, 0.5) is 17.1 Å². The molecular formula is C43H31BN2. The average molecular weight is 587 g/mol. The second kappa shape index (κ2) is 9.25. The molecule has 46 heavy (non-hydrogen) atoms. The monoisotopic (exact) mass is 586 g/mol. The van der Waals surface area contributed by atoms with Crippen molar-refractivity contribution >= 4 is 67.8 Å². The molecule has 0 unspecified atom stereocenters. The number of aromatic nitrogens is 1. The Morgan fingerprint density at radius 2 is 1.28 bits per heavy atom. The number of H-pyrrole nitrogens is 1. The van der Waals surface area contributed by atoms with E-state index in [0.717, 1.165) is 7.28 Å².